The van der Waals surface area contributed by atoms with E-state index in [1.54, 1.807) is 24.3 Å². The molecule has 0 bridgehead atoms. The summed E-state index contributed by atoms with van der Waals surface area (Å²) in [5.74, 6) is -0.292. The number of hydrogen-bond acceptors (Lipinski definition) is 3. The van der Waals surface area contributed by atoms with Gasteiger partial charge >= 0.3 is 0 Å². The molecule has 92 valence electrons. The molecule has 1 N–H and O–H groups in total. The lowest BCUT2D eigenvalue weighted by Gasteiger charge is -2.22. The zero-order valence-corrected chi connectivity index (χ0v) is 10.5. The van der Waals surface area contributed by atoms with Crippen molar-refractivity contribution < 1.29 is 4.79 Å². The molecular weight excluding hydrogens is 226 g/mol. The maximum atomic E-state index is 12.1. The van der Waals surface area contributed by atoms with Crippen LogP contribution in [0.3, 0.4) is 0 Å². The smallest absolute Gasteiger partial charge is 0.244 e. The second kappa shape index (κ2) is 5.84. The van der Waals surface area contributed by atoms with Crippen LogP contribution in [0.4, 0.5) is 5.69 Å². The van der Waals surface area contributed by atoms with E-state index >= 15 is 0 Å². The standard InChI is InChI=1S/C14H15N3O/c1-3-14(4-2,10-16)13(18)17-12-7-5-11(9-15)6-8-12/h5-8H,3-4H2,1-2H3,(H,17,18). The molecule has 0 aliphatic rings. The summed E-state index contributed by atoms with van der Waals surface area (Å²) in [5, 5.41) is 20.5. The van der Waals surface area contributed by atoms with Crippen molar-refractivity contribution in [3.05, 3.63) is 29.8 Å². The lowest BCUT2D eigenvalue weighted by Crippen LogP contribution is -2.33. The van der Waals surface area contributed by atoms with Crippen molar-refractivity contribution in [2.24, 2.45) is 5.41 Å². The fourth-order valence-corrected chi connectivity index (χ4v) is 1.66. The molecule has 1 aromatic carbocycles. The van der Waals surface area contributed by atoms with Gasteiger partial charge in [-0.05, 0) is 37.1 Å². The van der Waals surface area contributed by atoms with E-state index in [1.807, 2.05) is 19.9 Å². The van der Waals surface area contributed by atoms with Crippen LogP contribution < -0.4 is 5.32 Å². The molecule has 0 radical (unpaired) electrons. The zero-order chi connectivity index (χ0) is 13.6. The summed E-state index contributed by atoms with van der Waals surface area (Å²) < 4.78 is 0. The Kier molecular flexibility index (Phi) is 4.45. The van der Waals surface area contributed by atoms with Crippen molar-refractivity contribution in [1.29, 1.82) is 10.5 Å². The van der Waals surface area contributed by atoms with Gasteiger partial charge in [0.25, 0.3) is 0 Å². The largest absolute Gasteiger partial charge is 0.325 e. The molecule has 0 saturated carbocycles. The molecule has 4 nitrogen and oxygen atoms in total. The monoisotopic (exact) mass is 241 g/mol. The Labute approximate surface area is 107 Å². The number of nitrogens with zero attached hydrogens (tertiary/aromatic N) is 2. The molecule has 0 fully saturated rings. The first-order valence-corrected chi connectivity index (χ1v) is 5.84. The van der Waals surface area contributed by atoms with Gasteiger partial charge in [0.05, 0.1) is 17.7 Å². The van der Waals surface area contributed by atoms with Gasteiger partial charge in [-0.15, -0.1) is 0 Å². The van der Waals surface area contributed by atoms with Crippen LogP contribution in [-0.2, 0) is 4.79 Å². The molecule has 0 heterocycles. The van der Waals surface area contributed by atoms with Gasteiger partial charge in [0.15, 0.2) is 0 Å². The molecule has 0 unspecified atom stereocenters. The van der Waals surface area contributed by atoms with Crippen LogP contribution in [-0.4, -0.2) is 5.91 Å². The quantitative estimate of drug-likeness (QED) is 0.880. The van der Waals surface area contributed by atoms with E-state index in [2.05, 4.69) is 11.4 Å². The minimum Gasteiger partial charge on any atom is -0.325 e. The van der Waals surface area contributed by atoms with Gasteiger partial charge in [0.2, 0.25) is 5.91 Å². The van der Waals surface area contributed by atoms with Crippen molar-refractivity contribution in [2.75, 3.05) is 5.32 Å². The van der Waals surface area contributed by atoms with Gasteiger partial charge in [0, 0.05) is 5.69 Å². The minimum atomic E-state index is -0.978. The SMILES string of the molecule is CCC(C#N)(CC)C(=O)Nc1ccc(C#N)cc1. The van der Waals surface area contributed by atoms with Crippen LogP contribution in [0.5, 0.6) is 0 Å². The number of nitriles is 2. The van der Waals surface area contributed by atoms with Gasteiger partial charge in [0.1, 0.15) is 5.41 Å². The highest BCUT2D eigenvalue weighted by atomic mass is 16.2. The predicted molar refractivity (Wildman–Crippen MR) is 68.4 cm³/mol. The molecule has 0 atom stereocenters. The number of rotatable bonds is 4. The van der Waals surface area contributed by atoms with Crippen LogP contribution in [0.1, 0.15) is 32.3 Å². The lowest BCUT2D eigenvalue weighted by atomic mass is 9.83. The van der Waals surface area contributed by atoms with E-state index < -0.39 is 5.41 Å². The highest BCUT2D eigenvalue weighted by Gasteiger charge is 2.34. The number of benzene rings is 1. The Hall–Kier alpha value is -2.33. The van der Waals surface area contributed by atoms with E-state index in [9.17, 15) is 4.79 Å². The average molecular weight is 241 g/mol. The Morgan fingerprint density at radius 2 is 1.78 bits per heavy atom. The maximum Gasteiger partial charge on any atom is 0.244 e. The summed E-state index contributed by atoms with van der Waals surface area (Å²) >= 11 is 0. The van der Waals surface area contributed by atoms with Crippen LogP contribution in [0.2, 0.25) is 0 Å². The molecule has 18 heavy (non-hydrogen) atoms. The summed E-state index contributed by atoms with van der Waals surface area (Å²) in [6.07, 6.45) is 0.949. The summed E-state index contributed by atoms with van der Waals surface area (Å²) in [4.78, 5) is 12.1. The minimum absolute atomic E-state index is 0.292. The van der Waals surface area contributed by atoms with Crippen molar-refractivity contribution >= 4 is 11.6 Å². The van der Waals surface area contributed by atoms with Crippen LogP contribution in [0.15, 0.2) is 24.3 Å². The fourth-order valence-electron chi connectivity index (χ4n) is 1.66. The van der Waals surface area contributed by atoms with E-state index in [4.69, 9.17) is 10.5 Å². The van der Waals surface area contributed by atoms with Crippen molar-refractivity contribution in [3.63, 3.8) is 0 Å². The summed E-state index contributed by atoms with van der Waals surface area (Å²) in [6, 6.07) is 10.7. The Balaban J connectivity index is 2.87. The maximum absolute atomic E-state index is 12.1. The molecule has 1 aromatic rings. The topological polar surface area (TPSA) is 76.7 Å². The Morgan fingerprint density at radius 3 is 2.17 bits per heavy atom. The third kappa shape index (κ3) is 2.67. The highest BCUT2D eigenvalue weighted by molar-refractivity contribution is 5.97. The van der Waals surface area contributed by atoms with E-state index in [-0.39, 0.29) is 5.91 Å². The molecule has 0 aliphatic carbocycles. The summed E-state index contributed by atoms with van der Waals surface area (Å²) in [6.45, 7) is 3.65. The van der Waals surface area contributed by atoms with Gasteiger partial charge in [-0.25, -0.2) is 0 Å². The molecule has 4 heteroatoms. The van der Waals surface area contributed by atoms with Gasteiger partial charge in [-0.1, -0.05) is 13.8 Å². The first-order chi connectivity index (χ1) is 8.61. The number of amides is 1. The van der Waals surface area contributed by atoms with Gasteiger partial charge in [-0.2, -0.15) is 10.5 Å². The third-order valence-electron chi connectivity index (χ3n) is 3.13. The molecule has 1 amide bonds. The van der Waals surface area contributed by atoms with Crippen LogP contribution in [0.25, 0.3) is 0 Å². The molecule has 0 spiro atoms. The third-order valence-corrected chi connectivity index (χ3v) is 3.13. The Bertz CT molecular complexity index is 501. The summed E-state index contributed by atoms with van der Waals surface area (Å²) in [5.41, 5.74) is 0.152. The molecular formula is C14H15N3O. The molecule has 1 rings (SSSR count). The van der Waals surface area contributed by atoms with E-state index in [0.717, 1.165) is 0 Å². The van der Waals surface area contributed by atoms with E-state index in [1.165, 1.54) is 0 Å². The Morgan fingerprint density at radius 1 is 1.22 bits per heavy atom. The first kappa shape index (κ1) is 13.7. The molecule has 0 aliphatic heterocycles. The molecule has 0 aromatic heterocycles. The number of carbonyl (C=O) groups is 1. The van der Waals surface area contributed by atoms with Gasteiger partial charge in [-0.3, -0.25) is 4.79 Å². The molecule has 0 saturated heterocycles. The average Bonchev–Trinajstić information content (AvgIpc) is 2.42. The van der Waals surface area contributed by atoms with Crippen LogP contribution >= 0.6 is 0 Å². The van der Waals surface area contributed by atoms with Crippen molar-refractivity contribution in [2.45, 2.75) is 26.7 Å². The number of nitrogens with one attached hydrogen (secondary N) is 1. The number of carbonyl (C=O) groups excluding carboxylic acids is 1. The van der Waals surface area contributed by atoms with Gasteiger partial charge < -0.3 is 5.32 Å². The lowest BCUT2D eigenvalue weighted by molar-refractivity contribution is -0.123. The fraction of sp³-hybridized carbons (Fsp3) is 0.357. The zero-order valence-electron chi connectivity index (χ0n) is 10.5. The second-order valence-corrected chi connectivity index (χ2v) is 4.04. The normalized spacial score (nSPS) is 10.2. The van der Waals surface area contributed by atoms with Crippen molar-refractivity contribution in [3.8, 4) is 12.1 Å². The van der Waals surface area contributed by atoms with Crippen molar-refractivity contribution in [1.82, 2.24) is 0 Å². The predicted octanol–water partition coefficient (Wildman–Crippen LogP) is 2.83. The van der Waals surface area contributed by atoms with Crippen LogP contribution in [0, 0.1) is 28.1 Å². The number of anilines is 1. The number of hydrogen-bond donors (Lipinski definition) is 1. The van der Waals surface area contributed by atoms with E-state index in [0.29, 0.717) is 24.1 Å². The first-order valence-electron chi connectivity index (χ1n) is 5.84. The summed E-state index contributed by atoms with van der Waals surface area (Å²) in [7, 11) is 0. The highest BCUT2D eigenvalue weighted by Crippen LogP contribution is 2.27. The second-order valence-electron chi connectivity index (χ2n) is 4.04.